The Bertz CT molecular complexity index is 571. The first-order valence-corrected chi connectivity index (χ1v) is 6.77. The number of hydrogen-bond acceptors (Lipinski definition) is 2. The molecule has 0 heterocycles. The summed E-state index contributed by atoms with van der Waals surface area (Å²) in [7, 11) is 3.36. The molecule has 0 saturated heterocycles. The van der Waals surface area contributed by atoms with Gasteiger partial charge in [-0.1, -0.05) is 29.8 Å². The number of benzene rings is 2. The summed E-state index contributed by atoms with van der Waals surface area (Å²) in [6, 6.07) is 12.3. The number of methoxy groups -OCH3 is 1. The van der Waals surface area contributed by atoms with Crippen molar-refractivity contribution >= 4 is 11.6 Å². The van der Waals surface area contributed by atoms with E-state index in [2.05, 4.69) is 5.32 Å². The lowest BCUT2D eigenvalue weighted by Crippen LogP contribution is -2.21. The van der Waals surface area contributed by atoms with Gasteiger partial charge >= 0.3 is 0 Å². The van der Waals surface area contributed by atoms with Crippen LogP contribution in [0, 0.1) is 5.82 Å². The van der Waals surface area contributed by atoms with Crippen molar-refractivity contribution in [3.8, 4) is 5.75 Å². The molecule has 1 N–H and O–H groups in total. The minimum absolute atomic E-state index is 0.160. The lowest BCUT2D eigenvalue weighted by atomic mass is 9.97. The van der Waals surface area contributed by atoms with Crippen LogP contribution in [0.5, 0.6) is 5.75 Å². The number of rotatable bonds is 5. The minimum Gasteiger partial charge on any atom is -0.496 e. The van der Waals surface area contributed by atoms with Crippen LogP contribution in [0.3, 0.4) is 0 Å². The topological polar surface area (TPSA) is 21.3 Å². The number of hydrogen-bond donors (Lipinski definition) is 1. The van der Waals surface area contributed by atoms with E-state index in [0.29, 0.717) is 22.8 Å². The molecular formula is C16H17ClFNO. The van der Waals surface area contributed by atoms with Crippen molar-refractivity contribution in [2.24, 2.45) is 0 Å². The number of ether oxygens (including phenoxy) is 1. The lowest BCUT2D eigenvalue weighted by molar-refractivity contribution is 0.393. The van der Waals surface area contributed by atoms with Crippen LogP contribution in [0.2, 0.25) is 5.02 Å². The highest BCUT2D eigenvalue weighted by atomic mass is 35.5. The zero-order valence-electron chi connectivity index (χ0n) is 11.5. The summed E-state index contributed by atoms with van der Waals surface area (Å²) >= 11 is 5.88. The third-order valence-electron chi connectivity index (χ3n) is 3.28. The van der Waals surface area contributed by atoms with Gasteiger partial charge in [0.25, 0.3) is 0 Å². The van der Waals surface area contributed by atoms with Crippen LogP contribution in [0.1, 0.15) is 17.2 Å². The highest BCUT2D eigenvalue weighted by Crippen LogP contribution is 2.30. The molecule has 2 aromatic carbocycles. The lowest BCUT2D eigenvalue weighted by Gasteiger charge is -2.20. The summed E-state index contributed by atoms with van der Waals surface area (Å²) < 4.78 is 19.4. The normalized spacial score (nSPS) is 12.2. The SMILES string of the molecule is CNC(Cc1ccc(Cl)cc1)c1c(F)cccc1OC. The van der Waals surface area contributed by atoms with Gasteiger partial charge in [0.2, 0.25) is 0 Å². The van der Waals surface area contributed by atoms with Crippen molar-refractivity contribution in [2.45, 2.75) is 12.5 Å². The molecule has 20 heavy (non-hydrogen) atoms. The maximum atomic E-state index is 14.1. The molecule has 0 fully saturated rings. The van der Waals surface area contributed by atoms with Gasteiger partial charge in [-0.2, -0.15) is 0 Å². The molecule has 106 valence electrons. The van der Waals surface area contributed by atoms with Crippen LogP contribution in [-0.4, -0.2) is 14.2 Å². The van der Waals surface area contributed by atoms with Crippen LogP contribution in [0.4, 0.5) is 4.39 Å². The zero-order chi connectivity index (χ0) is 14.5. The Balaban J connectivity index is 2.31. The summed E-state index contributed by atoms with van der Waals surface area (Å²) in [5.41, 5.74) is 1.63. The monoisotopic (exact) mass is 293 g/mol. The Morgan fingerprint density at radius 3 is 2.50 bits per heavy atom. The van der Waals surface area contributed by atoms with Crippen molar-refractivity contribution in [1.29, 1.82) is 0 Å². The quantitative estimate of drug-likeness (QED) is 0.900. The standard InChI is InChI=1S/C16H17ClFNO/c1-19-14(10-11-6-8-12(17)9-7-11)16-13(18)4-3-5-15(16)20-2/h3-9,14,19H,10H2,1-2H3. The first kappa shape index (κ1) is 14.8. The van der Waals surface area contributed by atoms with E-state index in [1.165, 1.54) is 6.07 Å². The molecule has 1 unspecified atom stereocenters. The van der Waals surface area contributed by atoms with Gasteiger partial charge in [-0.05, 0) is 43.3 Å². The zero-order valence-corrected chi connectivity index (χ0v) is 12.2. The average Bonchev–Trinajstić information content (AvgIpc) is 2.47. The van der Waals surface area contributed by atoms with Crippen molar-refractivity contribution in [3.05, 3.63) is 64.4 Å². The fourth-order valence-electron chi connectivity index (χ4n) is 2.24. The third kappa shape index (κ3) is 3.30. The highest BCUT2D eigenvalue weighted by Gasteiger charge is 2.19. The summed E-state index contributed by atoms with van der Waals surface area (Å²) in [6.45, 7) is 0. The molecule has 0 aliphatic heterocycles. The van der Waals surface area contributed by atoms with Gasteiger partial charge in [-0.25, -0.2) is 4.39 Å². The van der Waals surface area contributed by atoms with Gasteiger partial charge in [-0.15, -0.1) is 0 Å². The fraction of sp³-hybridized carbons (Fsp3) is 0.250. The fourth-order valence-corrected chi connectivity index (χ4v) is 2.36. The summed E-state index contributed by atoms with van der Waals surface area (Å²) in [6.07, 6.45) is 0.658. The number of nitrogens with one attached hydrogen (secondary N) is 1. The molecule has 0 bridgehead atoms. The van der Waals surface area contributed by atoms with E-state index in [9.17, 15) is 4.39 Å². The molecule has 0 amide bonds. The van der Waals surface area contributed by atoms with Gasteiger partial charge in [0.1, 0.15) is 11.6 Å². The van der Waals surface area contributed by atoms with Crippen molar-refractivity contribution < 1.29 is 9.13 Å². The Kier molecular flexibility index (Phi) is 4.99. The summed E-state index contributed by atoms with van der Waals surface area (Å²) in [5, 5.41) is 3.84. The molecule has 0 spiro atoms. The van der Waals surface area contributed by atoms with Crippen LogP contribution in [-0.2, 0) is 6.42 Å². The summed E-state index contributed by atoms with van der Waals surface area (Å²) in [4.78, 5) is 0. The van der Waals surface area contributed by atoms with E-state index in [0.717, 1.165) is 5.56 Å². The Morgan fingerprint density at radius 1 is 1.20 bits per heavy atom. The molecule has 0 radical (unpaired) electrons. The van der Waals surface area contributed by atoms with Gasteiger partial charge in [0.05, 0.1) is 7.11 Å². The summed E-state index contributed by atoms with van der Waals surface area (Å²) in [5.74, 6) is 0.288. The van der Waals surface area contributed by atoms with Crippen LogP contribution in [0.15, 0.2) is 42.5 Å². The Morgan fingerprint density at radius 2 is 1.90 bits per heavy atom. The van der Waals surface area contributed by atoms with Crippen molar-refractivity contribution in [1.82, 2.24) is 5.32 Å². The second kappa shape index (κ2) is 6.73. The van der Waals surface area contributed by atoms with Gasteiger partial charge in [0.15, 0.2) is 0 Å². The van der Waals surface area contributed by atoms with E-state index in [4.69, 9.17) is 16.3 Å². The predicted octanol–water partition coefficient (Wildman–Crippen LogP) is 3.99. The first-order chi connectivity index (χ1) is 9.65. The van der Waals surface area contributed by atoms with E-state index < -0.39 is 0 Å². The van der Waals surface area contributed by atoms with Crippen molar-refractivity contribution in [2.75, 3.05) is 14.2 Å². The molecule has 0 aliphatic carbocycles. The van der Waals surface area contributed by atoms with Gasteiger partial charge in [-0.3, -0.25) is 0 Å². The van der Waals surface area contributed by atoms with E-state index >= 15 is 0 Å². The average molecular weight is 294 g/mol. The van der Waals surface area contributed by atoms with Crippen LogP contribution >= 0.6 is 11.6 Å². The van der Waals surface area contributed by atoms with Gasteiger partial charge < -0.3 is 10.1 Å². The molecule has 2 aromatic rings. The smallest absolute Gasteiger partial charge is 0.131 e. The second-order valence-corrected chi connectivity index (χ2v) is 4.96. The molecule has 2 rings (SSSR count). The minimum atomic E-state index is -0.266. The number of likely N-dealkylation sites (N-methyl/N-ethyl adjacent to an activating group) is 1. The van der Waals surface area contributed by atoms with E-state index in [1.807, 2.05) is 31.3 Å². The Labute approximate surface area is 123 Å². The third-order valence-corrected chi connectivity index (χ3v) is 3.53. The van der Waals surface area contributed by atoms with E-state index in [1.54, 1.807) is 19.2 Å². The molecule has 2 nitrogen and oxygen atoms in total. The Hall–Kier alpha value is -1.58. The maximum Gasteiger partial charge on any atom is 0.131 e. The second-order valence-electron chi connectivity index (χ2n) is 4.53. The van der Waals surface area contributed by atoms with Crippen LogP contribution in [0.25, 0.3) is 0 Å². The molecule has 1 atom stereocenters. The molecule has 0 aromatic heterocycles. The molecular weight excluding hydrogens is 277 g/mol. The van der Waals surface area contributed by atoms with E-state index in [-0.39, 0.29) is 11.9 Å². The maximum absolute atomic E-state index is 14.1. The van der Waals surface area contributed by atoms with Crippen LogP contribution < -0.4 is 10.1 Å². The molecule has 0 aliphatic rings. The predicted molar refractivity (Wildman–Crippen MR) is 79.9 cm³/mol. The molecule has 4 heteroatoms. The van der Waals surface area contributed by atoms with Gasteiger partial charge in [0, 0.05) is 16.6 Å². The largest absolute Gasteiger partial charge is 0.496 e. The van der Waals surface area contributed by atoms with Crippen molar-refractivity contribution in [3.63, 3.8) is 0 Å². The highest BCUT2D eigenvalue weighted by molar-refractivity contribution is 6.30. The first-order valence-electron chi connectivity index (χ1n) is 6.39. The molecule has 0 saturated carbocycles. The number of halogens is 2.